The topological polar surface area (TPSA) is 42.5 Å². The molecule has 1 aliphatic heterocycles. The van der Waals surface area contributed by atoms with E-state index in [1.54, 1.807) is 0 Å². The van der Waals surface area contributed by atoms with Gasteiger partial charge in [-0.05, 0) is 57.8 Å². The fourth-order valence-corrected chi connectivity index (χ4v) is 2.53. The second-order valence-corrected chi connectivity index (χ2v) is 5.10. The second-order valence-electron chi connectivity index (χ2n) is 5.10. The Labute approximate surface area is 121 Å². The molecule has 4 heteroatoms. The van der Waals surface area contributed by atoms with Crippen LogP contribution >= 0.6 is 0 Å². The molecule has 0 aromatic heterocycles. The molecule has 0 bridgehead atoms. The first-order chi connectivity index (χ1) is 9.83. The smallest absolute Gasteiger partial charge is 0.142 e. The van der Waals surface area contributed by atoms with Crippen LogP contribution < -0.4 is 20.1 Å². The average Bonchev–Trinajstić information content (AvgIpc) is 2.49. The fourth-order valence-electron chi connectivity index (χ4n) is 2.53. The van der Waals surface area contributed by atoms with Crippen LogP contribution in [0.15, 0.2) is 18.2 Å². The number of hydrogen-bond donors (Lipinski definition) is 2. The predicted octanol–water partition coefficient (Wildman–Crippen LogP) is 2.90. The van der Waals surface area contributed by atoms with Gasteiger partial charge in [-0.3, -0.25) is 0 Å². The molecule has 0 saturated carbocycles. The Morgan fingerprint density at radius 2 is 1.90 bits per heavy atom. The third kappa shape index (κ3) is 4.30. The largest absolute Gasteiger partial charge is 0.494 e. The van der Waals surface area contributed by atoms with Crippen LogP contribution in [-0.2, 0) is 0 Å². The van der Waals surface area contributed by atoms with Crippen LogP contribution in [0.2, 0.25) is 0 Å². The van der Waals surface area contributed by atoms with Crippen molar-refractivity contribution in [2.24, 2.45) is 5.92 Å². The van der Waals surface area contributed by atoms with E-state index in [9.17, 15) is 0 Å². The van der Waals surface area contributed by atoms with Gasteiger partial charge in [-0.15, -0.1) is 0 Å². The Morgan fingerprint density at radius 1 is 1.15 bits per heavy atom. The number of anilines is 1. The normalized spacial score (nSPS) is 15.9. The minimum Gasteiger partial charge on any atom is -0.494 e. The van der Waals surface area contributed by atoms with Gasteiger partial charge in [0.2, 0.25) is 0 Å². The van der Waals surface area contributed by atoms with Gasteiger partial charge in [-0.2, -0.15) is 0 Å². The van der Waals surface area contributed by atoms with E-state index in [4.69, 9.17) is 9.47 Å². The molecule has 0 atom stereocenters. The lowest BCUT2D eigenvalue weighted by atomic mass is 9.98. The summed E-state index contributed by atoms with van der Waals surface area (Å²) in [5, 5.41) is 6.93. The summed E-state index contributed by atoms with van der Waals surface area (Å²) in [6.45, 7) is 8.62. The van der Waals surface area contributed by atoms with Crippen LogP contribution in [0.1, 0.15) is 26.7 Å². The summed E-state index contributed by atoms with van der Waals surface area (Å²) in [4.78, 5) is 0. The van der Waals surface area contributed by atoms with Crippen LogP contribution in [0.3, 0.4) is 0 Å². The minimum absolute atomic E-state index is 0.677. The first-order valence-electron chi connectivity index (χ1n) is 7.67. The monoisotopic (exact) mass is 278 g/mol. The molecule has 1 heterocycles. The summed E-state index contributed by atoms with van der Waals surface area (Å²) >= 11 is 0. The number of piperidine rings is 1. The molecule has 1 fully saturated rings. The first kappa shape index (κ1) is 15.0. The Balaban J connectivity index is 2.00. The zero-order chi connectivity index (χ0) is 14.2. The van der Waals surface area contributed by atoms with Gasteiger partial charge in [0.05, 0.1) is 18.9 Å². The molecule has 0 radical (unpaired) electrons. The molecule has 2 rings (SSSR count). The average molecular weight is 278 g/mol. The van der Waals surface area contributed by atoms with Crippen molar-refractivity contribution in [3.63, 3.8) is 0 Å². The SMILES string of the molecule is CCOc1ccc(OCC)c(NCC2CCNCC2)c1. The van der Waals surface area contributed by atoms with Crippen molar-refractivity contribution in [3.8, 4) is 11.5 Å². The third-order valence-electron chi connectivity index (χ3n) is 3.60. The summed E-state index contributed by atoms with van der Waals surface area (Å²) in [6, 6.07) is 5.99. The van der Waals surface area contributed by atoms with E-state index >= 15 is 0 Å². The van der Waals surface area contributed by atoms with E-state index < -0.39 is 0 Å². The van der Waals surface area contributed by atoms with Gasteiger partial charge in [-0.25, -0.2) is 0 Å². The van der Waals surface area contributed by atoms with Crippen molar-refractivity contribution in [1.29, 1.82) is 0 Å². The maximum Gasteiger partial charge on any atom is 0.142 e. The highest BCUT2D eigenvalue weighted by molar-refractivity contribution is 5.59. The van der Waals surface area contributed by atoms with E-state index in [-0.39, 0.29) is 0 Å². The van der Waals surface area contributed by atoms with Gasteiger partial charge in [0.15, 0.2) is 0 Å². The molecule has 0 spiro atoms. The quantitative estimate of drug-likeness (QED) is 0.805. The van der Waals surface area contributed by atoms with E-state index in [2.05, 4.69) is 10.6 Å². The molecular formula is C16H26N2O2. The summed E-state index contributed by atoms with van der Waals surface area (Å²) in [5.74, 6) is 2.54. The van der Waals surface area contributed by atoms with Gasteiger partial charge in [0, 0.05) is 12.6 Å². The van der Waals surface area contributed by atoms with Crippen LogP contribution in [0.4, 0.5) is 5.69 Å². The van der Waals surface area contributed by atoms with E-state index in [1.165, 1.54) is 12.8 Å². The molecule has 2 N–H and O–H groups in total. The van der Waals surface area contributed by atoms with Gasteiger partial charge in [0.1, 0.15) is 11.5 Å². The highest BCUT2D eigenvalue weighted by Gasteiger charge is 2.14. The van der Waals surface area contributed by atoms with E-state index in [0.29, 0.717) is 13.2 Å². The van der Waals surface area contributed by atoms with Crippen LogP contribution in [0.5, 0.6) is 11.5 Å². The third-order valence-corrected chi connectivity index (χ3v) is 3.60. The summed E-state index contributed by atoms with van der Waals surface area (Å²) in [5.41, 5.74) is 1.04. The number of rotatable bonds is 7. The summed E-state index contributed by atoms with van der Waals surface area (Å²) < 4.78 is 11.2. The highest BCUT2D eigenvalue weighted by atomic mass is 16.5. The molecule has 20 heavy (non-hydrogen) atoms. The highest BCUT2D eigenvalue weighted by Crippen LogP contribution is 2.30. The Morgan fingerprint density at radius 3 is 2.60 bits per heavy atom. The number of benzene rings is 1. The van der Waals surface area contributed by atoms with Crippen molar-refractivity contribution < 1.29 is 9.47 Å². The number of hydrogen-bond acceptors (Lipinski definition) is 4. The first-order valence-corrected chi connectivity index (χ1v) is 7.67. The van der Waals surface area contributed by atoms with Crippen LogP contribution in [0, 0.1) is 5.92 Å². The molecule has 0 amide bonds. The Hall–Kier alpha value is -1.42. The maximum absolute atomic E-state index is 5.68. The standard InChI is InChI=1S/C16H26N2O2/c1-3-19-14-5-6-16(20-4-2)15(11-14)18-12-13-7-9-17-10-8-13/h5-6,11,13,17-18H,3-4,7-10,12H2,1-2H3. The number of nitrogens with one attached hydrogen (secondary N) is 2. The van der Waals surface area contributed by atoms with Crippen molar-refractivity contribution in [2.45, 2.75) is 26.7 Å². The Bertz CT molecular complexity index is 403. The summed E-state index contributed by atoms with van der Waals surface area (Å²) in [7, 11) is 0. The zero-order valence-corrected chi connectivity index (χ0v) is 12.6. The zero-order valence-electron chi connectivity index (χ0n) is 12.6. The fraction of sp³-hybridized carbons (Fsp3) is 0.625. The molecule has 4 nitrogen and oxygen atoms in total. The molecule has 112 valence electrons. The Kier molecular flexibility index (Phi) is 5.99. The van der Waals surface area contributed by atoms with E-state index in [0.717, 1.165) is 42.7 Å². The molecule has 1 aliphatic rings. The van der Waals surface area contributed by atoms with Crippen molar-refractivity contribution in [1.82, 2.24) is 5.32 Å². The lowest BCUT2D eigenvalue weighted by molar-refractivity contribution is 0.331. The lowest BCUT2D eigenvalue weighted by Crippen LogP contribution is -2.31. The lowest BCUT2D eigenvalue weighted by Gasteiger charge is -2.24. The van der Waals surface area contributed by atoms with Gasteiger partial charge in [0.25, 0.3) is 0 Å². The maximum atomic E-state index is 5.68. The van der Waals surface area contributed by atoms with Gasteiger partial charge in [-0.1, -0.05) is 0 Å². The molecule has 0 unspecified atom stereocenters. The molecular weight excluding hydrogens is 252 g/mol. The van der Waals surface area contributed by atoms with Crippen molar-refractivity contribution in [3.05, 3.63) is 18.2 Å². The summed E-state index contributed by atoms with van der Waals surface area (Å²) in [6.07, 6.45) is 2.48. The second kappa shape index (κ2) is 8.00. The van der Waals surface area contributed by atoms with Crippen LogP contribution in [-0.4, -0.2) is 32.8 Å². The van der Waals surface area contributed by atoms with Gasteiger partial charge >= 0.3 is 0 Å². The molecule has 0 aliphatic carbocycles. The molecule has 1 aromatic rings. The van der Waals surface area contributed by atoms with E-state index in [1.807, 2.05) is 32.0 Å². The van der Waals surface area contributed by atoms with Gasteiger partial charge < -0.3 is 20.1 Å². The van der Waals surface area contributed by atoms with Crippen molar-refractivity contribution in [2.75, 3.05) is 38.2 Å². The predicted molar refractivity (Wildman–Crippen MR) is 82.9 cm³/mol. The molecule has 1 saturated heterocycles. The van der Waals surface area contributed by atoms with Crippen LogP contribution in [0.25, 0.3) is 0 Å². The molecule has 1 aromatic carbocycles. The van der Waals surface area contributed by atoms with Crippen molar-refractivity contribution >= 4 is 5.69 Å². The number of ether oxygens (including phenoxy) is 2. The minimum atomic E-state index is 0.677.